The molecule has 29 heavy (non-hydrogen) atoms. The molecular weight excluding hydrogens is 386 g/mol. The number of carbonyl (C=O) groups excluding carboxylic acids is 4. The van der Waals surface area contributed by atoms with Gasteiger partial charge < -0.3 is 5.32 Å². The van der Waals surface area contributed by atoms with Gasteiger partial charge in [-0.2, -0.15) is 0 Å². The third-order valence-electron chi connectivity index (χ3n) is 4.89. The normalized spacial score (nSPS) is 19.8. The lowest BCUT2D eigenvalue weighted by Gasteiger charge is -2.27. The van der Waals surface area contributed by atoms with Crippen LogP contribution < -0.4 is 10.6 Å². The van der Waals surface area contributed by atoms with Crippen molar-refractivity contribution in [2.24, 2.45) is 0 Å². The van der Waals surface area contributed by atoms with Gasteiger partial charge in [0, 0.05) is 13.0 Å². The first-order valence-electron chi connectivity index (χ1n) is 9.18. The summed E-state index contributed by atoms with van der Waals surface area (Å²) in [6.07, 6.45) is 0.118. The van der Waals surface area contributed by atoms with Crippen molar-refractivity contribution in [3.8, 4) is 0 Å². The van der Waals surface area contributed by atoms with Crippen LogP contribution in [0.5, 0.6) is 0 Å². The highest BCUT2D eigenvalue weighted by Crippen LogP contribution is 2.28. The fraction of sp³-hybridized carbons (Fsp3) is 0.474. The van der Waals surface area contributed by atoms with Crippen LogP contribution in [0, 0.1) is 0 Å². The fourth-order valence-corrected chi connectivity index (χ4v) is 3.69. The maximum atomic E-state index is 13.8. The number of halogens is 2. The smallest absolute Gasteiger partial charge is 0.272 e. The van der Waals surface area contributed by atoms with Crippen molar-refractivity contribution in [1.82, 2.24) is 20.4 Å². The van der Waals surface area contributed by atoms with Crippen molar-refractivity contribution in [2.75, 3.05) is 27.2 Å². The van der Waals surface area contributed by atoms with Crippen LogP contribution in [0.25, 0.3) is 0 Å². The second-order valence-corrected chi connectivity index (χ2v) is 7.39. The van der Waals surface area contributed by atoms with E-state index in [1.54, 1.807) is 13.1 Å². The number of benzene rings is 1. The van der Waals surface area contributed by atoms with E-state index >= 15 is 0 Å². The third-order valence-corrected chi connectivity index (χ3v) is 4.89. The zero-order valence-electron chi connectivity index (χ0n) is 16.1. The van der Waals surface area contributed by atoms with Gasteiger partial charge in [0.15, 0.2) is 0 Å². The number of amides is 4. The Kier molecular flexibility index (Phi) is 5.76. The number of imide groups is 2. The lowest BCUT2D eigenvalue weighted by molar-refractivity contribution is -0.136. The first kappa shape index (κ1) is 21.0. The molecule has 1 saturated heterocycles. The molecule has 0 aromatic heterocycles. The molecule has 156 valence electrons. The molecule has 1 unspecified atom stereocenters. The number of carbonyl (C=O) groups is 4. The topological polar surface area (TPSA) is 98.8 Å². The van der Waals surface area contributed by atoms with Crippen LogP contribution in [0.2, 0.25) is 0 Å². The number of alkyl halides is 2. The SMILES string of the molecule is CNCC(F)(F)CN(C)Cc1ccc2c(c1)C(=O)N(C1CCC(=O)NC1=O)C2=O. The van der Waals surface area contributed by atoms with Crippen LogP contribution >= 0.6 is 0 Å². The standard InChI is InChI=1S/C19H22F2N4O4/c1-22-9-19(20,21)10-24(2)8-11-3-4-12-13(7-11)18(29)25(17(12)28)14-5-6-15(26)23-16(14)27/h3-4,7,14,22H,5-6,8-10H2,1-2H3,(H,23,26,27). The molecule has 3 rings (SSSR count). The summed E-state index contributed by atoms with van der Waals surface area (Å²) in [6.45, 7) is -0.762. The van der Waals surface area contributed by atoms with Crippen molar-refractivity contribution in [1.29, 1.82) is 0 Å². The van der Waals surface area contributed by atoms with E-state index in [0.29, 0.717) is 5.56 Å². The van der Waals surface area contributed by atoms with Gasteiger partial charge in [0.2, 0.25) is 11.8 Å². The Balaban J connectivity index is 1.75. The van der Waals surface area contributed by atoms with E-state index in [1.165, 1.54) is 24.1 Å². The van der Waals surface area contributed by atoms with Crippen molar-refractivity contribution >= 4 is 23.6 Å². The molecule has 0 saturated carbocycles. The Hall–Kier alpha value is -2.72. The second kappa shape index (κ2) is 7.96. The number of nitrogens with one attached hydrogen (secondary N) is 2. The van der Waals surface area contributed by atoms with E-state index < -0.39 is 48.7 Å². The zero-order chi connectivity index (χ0) is 21.3. The van der Waals surface area contributed by atoms with Gasteiger partial charge in [-0.25, -0.2) is 8.78 Å². The monoisotopic (exact) mass is 408 g/mol. The van der Waals surface area contributed by atoms with Gasteiger partial charge in [-0.05, 0) is 38.2 Å². The highest BCUT2D eigenvalue weighted by atomic mass is 19.3. The summed E-state index contributed by atoms with van der Waals surface area (Å²) in [7, 11) is 2.99. The van der Waals surface area contributed by atoms with Crippen LogP contribution in [0.3, 0.4) is 0 Å². The highest BCUT2D eigenvalue weighted by Gasteiger charge is 2.44. The third kappa shape index (κ3) is 4.33. The molecule has 4 amide bonds. The van der Waals surface area contributed by atoms with Crippen LogP contribution in [0.15, 0.2) is 18.2 Å². The van der Waals surface area contributed by atoms with Gasteiger partial charge in [-0.1, -0.05) is 6.07 Å². The molecule has 2 heterocycles. The summed E-state index contributed by atoms with van der Waals surface area (Å²) in [6, 6.07) is 3.53. The Morgan fingerprint density at radius 1 is 1.21 bits per heavy atom. The summed E-state index contributed by atoms with van der Waals surface area (Å²) >= 11 is 0. The quantitative estimate of drug-likeness (QED) is 0.633. The molecule has 0 aliphatic carbocycles. The largest absolute Gasteiger partial charge is 0.314 e. The van der Waals surface area contributed by atoms with Gasteiger partial charge in [0.05, 0.1) is 24.2 Å². The van der Waals surface area contributed by atoms with E-state index in [9.17, 15) is 28.0 Å². The summed E-state index contributed by atoms with van der Waals surface area (Å²) in [5.74, 6) is -5.25. The Bertz CT molecular complexity index is 874. The van der Waals surface area contributed by atoms with Gasteiger partial charge in [-0.15, -0.1) is 0 Å². The summed E-state index contributed by atoms with van der Waals surface area (Å²) in [4.78, 5) is 51.1. The number of rotatable bonds is 7. The minimum atomic E-state index is -2.91. The molecule has 1 aromatic carbocycles. The molecule has 2 N–H and O–H groups in total. The molecule has 0 spiro atoms. The van der Waals surface area contributed by atoms with E-state index in [1.807, 2.05) is 0 Å². The molecule has 1 aromatic rings. The zero-order valence-corrected chi connectivity index (χ0v) is 16.1. The van der Waals surface area contributed by atoms with Crippen molar-refractivity contribution < 1.29 is 28.0 Å². The number of hydrogen-bond donors (Lipinski definition) is 2. The average Bonchev–Trinajstić information content (AvgIpc) is 2.85. The molecule has 2 aliphatic rings. The Morgan fingerprint density at radius 3 is 2.55 bits per heavy atom. The summed E-state index contributed by atoms with van der Waals surface area (Å²) in [5.41, 5.74) is 0.886. The molecule has 1 atom stereocenters. The minimum absolute atomic E-state index is 0.0423. The summed E-state index contributed by atoms with van der Waals surface area (Å²) in [5, 5.41) is 4.58. The van der Waals surface area contributed by atoms with Crippen molar-refractivity contribution in [3.63, 3.8) is 0 Å². The first-order chi connectivity index (χ1) is 13.6. The average molecular weight is 408 g/mol. The van der Waals surface area contributed by atoms with Crippen LogP contribution in [-0.4, -0.2) is 72.6 Å². The predicted octanol–water partition coefficient (Wildman–Crippen LogP) is 0.374. The molecule has 10 heteroatoms. The predicted molar refractivity (Wildman–Crippen MR) is 98.3 cm³/mol. The van der Waals surface area contributed by atoms with Gasteiger partial charge in [0.25, 0.3) is 17.7 Å². The highest BCUT2D eigenvalue weighted by molar-refractivity contribution is 6.23. The second-order valence-electron chi connectivity index (χ2n) is 7.39. The van der Waals surface area contributed by atoms with E-state index in [4.69, 9.17) is 0 Å². The molecule has 0 bridgehead atoms. The molecule has 8 nitrogen and oxygen atoms in total. The van der Waals surface area contributed by atoms with Gasteiger partial charge in [0.1, 0.15) is 6.04 Å². The lowest BCUT2D eigenvalue weighted by atomic mass is 10.0. The number of piperidine rings is 1. The maximum Gasteiger partial charge on any atom is 0.272 e. The molecular formula is C19H22F2N4O4. The van der Waals surface area contributed by atoms with E-state index in [2.05, 4.69) is 10.6 Å². The fourth-order valence-electron chi connectivity index (χ4n) is 3.69. The number of nitrogens with zero attached hydrogens (tertiary/aromatic N) is 2. The Labute approximate surface area is 166 Å². The lowest BCUT2D eigenvalue weighted by Crippen LogP contribution is -2.54. The first-order valence-corrected chi connectivity index (χ1v) is 9.18. The van der Waals surface area contributed by atoms with Crippen molar-refractivity contribution in [2.45, 2.75) is 31.4 Å². The van der Waals surface area contributed by atoms with E-state index in [0.717, 1.165) is 4.90 Å². The maximum absolute atomic E-state index is 13.8. The molecule has 1 fully saturated rings. The number of hydrogen-bond acceptors (Lipinski definition) is 6. The minimum Gasteiger partial charge on any atom is -0.314 e. The van der Waals surface area contributed by atoms with Crippen LogP contribution in [0.1, 0.15) is 39.1 Å². The van der Waals surface area contributed by atoms with Gasteiger partial charge in [-0.3, -0.25) is 34.3 Å². The van der Waals surface area contributed by atoms with Crippen LogP contribution in [-0.2, 0) is 16.1 Å². The van der Waals surface area contributed by atoms with Crippen molar-refractivity contribution in [3.05, 3.63) is 34.9 Å². The Morgan fingerprint density at radius 2 is 1.90 bits per heavy atom. The summed E-state index contributed by atoms with van der Waals surface area (Å²) < 4.78 is 27.5. The molecule has 0 radical (unpaired) electrons. The molecule has 2 aliphatic heterocycles. The van der Waals surface area contributed by atoms with E-state index in [-0.39, 0.29) is 30.5 Å². The van der Waals surface area contributed by atoms with Gasteiger partial charge >= 0.3 is 0 Å². The van der Waals surface area contributed by atoms with Crippen LogP contribution in [0.4, 0.5) is 8.78 Å². The number of fused-ring (bicyclic) bond motifs is 1.